The molecule has 0 aliphatic carbocycles. The van der Waals surface area contributed by atoms with Crippen LogP contribution in [0, 0.1) is 5.92 Å². The summed E-state index contributed by atoms with van der Waals surface area (Å²) < 4.78 is 0. The molecule has 0 saturated carbocycles. The van der Waals surface area contributed by atoms with Gasteiger partial charge in [-0.3, -0.25) is 4.79 Å². The van der Waals surface area contributed by atoms with Crippen molar-refractivity contribution in [2.75, 3.05) is 0 Å². The van der Waals surface area contributed by atoms with E-state index in [0.29, 0.717) is 6.42 Å². The van der Waals surface area contributed by atoms with Crippen LogP contribution in [0.3, 0.4) is 0 Å². The van der Waals surface area contributed by atoms with E-state index in [2.05, 4.69) is 13.8 Å². The lowest BCUT2D eigenvalue weighted by atomic mass is 10.2. The molecule has 0 aromatic carbocycles. The van der Waals surface area contributed by atoms with Crippen LogP contribution in [-0.4, -0.2) is 15.4 Å². The van der Waals surface area contributed by atoms with Crippen molar-refractivity contribution in [1.82, 2.24) is 0 Å². The number of primary amides is 1. The highest BCUT2D eigenvalue weighted by Crippen LogP contribution is 2.04. The zero-order valence-electron chi connectivity index (χ0n) is 7.60. The molecule has 0 heterocycles. The van der Waals surface area contributed by atoms with E-state index < -0.39 is 0 Å². The Kier molecular flexibility index (Phi) is 6.22. The third kappa shape index (κ3) is 9.69. The van der Waals surface area contributed by atoms with Gasteiger partial charge in [0.05, 0.1) is 0 Å². The molecule has 0 rings (SSSR count). The fraction of sp³-hybridized carbons (Fsp3) is 0.875. The molecule has 0 fully saturated rings. The summed E-state index contributed by atoms with van der Waals surface area (Å²) in [6, 6.07) is 2.47. The van der Waals surface area contributed by atoms with E-state index in [1.807, 2.05) is 0 Å². The summed E-state index contributed by atoms with van der Waals surface area (Å²) in [5.41, 5.74) is 5.02. The zero-order valence-corrected chi connectivity index (χ0v) is 9.01. The van der Waals surface area contributed by atoms with Crippen LogP contribution in [0.1, 0.15) is 26.7 Å². The van der Waals surface area contributed by atoms with E-state index in [1.54, 1.807) is 0 Å². The zero-order chi connectivity index (χ0) is 8.69. The number of hydrogen-bond acceptors (Lipinski definition) is 1. The van der Waals surface area contributed by atoms with Crippen LogP contribution in [0.2, 0.25) is 12.1 Å². The van der Waals surface area contributed by atoms with Crippen molar-refractivity contribution in [3.05, 3.63) is 0 Å². The predicted octanol–water partition coefficient (Wildman–Crippen LogP) is 0.913. The molecule has 0 atom stereocenters. The highest BCUT2D eigenvalue weighted by Gasteiger charge is 1.96. The maximum absolute atomic E-state index is 10.3. The average molecular weight is 173 g/mol. The van der Waals surface area contributed by atoms with Crippen LogP contribution in [0.4, 0.5) is 0 Å². The summed E-state index contributed by atoms with van der Waals surface area (Å²) in [5.74, 6) is 0.679. The standard InChI is InChI=1S/C8H19NOSi/c1-7(2)3-5-11-6-4-8(9)10/h7H,3-6,11H2,1-2H3,(H2,9,10). The molecule has 0 bridgehead atoms. The van der Waals surface area contributed by atoms with Crippen LogP contribution in [-0.2, 0) is 4.79 Å². The molecule has 0 saturated heterocycles. The second kappa shape index (κ2) is 6.40. The number of carbonyl (C=O) groups excluding carboxylic acids is 1. The largest absolute Gasteiger partial charge is 0.370 e. The first-order valence-electron chi connectivity index (χ1n) is 4.41. The predicted molar refractivity (Wildman–Crippen MR) is 51.4 cm³/mol. The normalized spacial score (nSPS) is 11.5. The Balaban J connectivity index is 2.97. The number of hydrogen-bond donors (Lipinski definition) is 1. The van der Waals surface area contributed by atoms with E-state index in [0.717, 1.165) is 12.0 Å². The molecule has 0 aliphatic rings. The Morgan fingerprint density at radius 1 is 1.45 bits per heavy atom. The lowest BCUT2D eigenvalue weighted by Crippen LogP contribution is -2.10. The maximum Gasteiger partial charge on any atom is 0.217 e. The summed E-state index contributed by atoms with van der Waals surface area (Å²) >= 11 is 0. The monoisotopic (exact) mass is 173 g/mol. The van der Waals surface area contributed by atoms with E-state index in [9.17, 15) is 4.79 Å². The van der Waals surface area contributed by atoms with Crippen molar-refractivity contribution >= 4 is 15.4 Å². The first kappa shape index (κ1) is 10.7. The van der Waals surface area contributed by atoms with Crippen molar-refractivity contribution in [3.8, 4) is 0 Å². The molecule has 0 aromatic heterocycles. The second-order valence-corrected chi connectivity index (χ2v) is 5.58. The quantitative estimate of drug-likeness (QED) is 0.471. The van der Waals surface area contributed by atoms with Crippen molar-refractivity contribution in [2.24, 2.45) is 11.7 Å². The minimum Gasteiger partial charge on any atom is -0.370 e. The Labute approximate surface area is 71.4 Å². The lowest BCUT2D eigenvalue weighted by Gasteiger charge is -2.01. The van der Waals surface area contributed by atoms with Gasteiger partial charge in [-0.25, -0.2) is 0 Å². The Bertz CT molecular complexity index is 115. The van der Waals surface area contributed by atoms with Gasteiger partial charge in [0.15, 0.2) is 0 Å². The minimum absolute atomic E-state index is 0.0249. The molecule has 11 heavy (non-hydrogen) atoms. The molecule has 0 aliphatic heterocycles. The van der Waals surface area contributed by atoms with Gasteiger partial charge in [0.2, 0.25) is 5.91 Å². The first-order valence-corrected chi connectivity index (χ1v) is 6.41. The topological polar surface area (TPSA) is 43.1 Å². The number of nitrogens with two attached hydrogens (primary N) is 1. The third-order valence-electron chi connectivity index (χ3n) is 1.70. The van der Waals surface area contributed by atoms with Gasteiger partial charge in [-0.15, -0.1) is 0 Å². The van der Waals surface area contributed by atoms with E-state index >= 15 is 0 Å². The Morgan fingerprint density at radius 2 is 2.09 bits per heavy atom. The van der Waals surface area contributed by atoms with Crippen LogP contribution in [0.5, 0.6) is 0 Å². The summed E-state index contributed by atoms with van der Waals surface area (Å²) in [4.78, 5) is 10.3. The number of amides is 1. The second-order valence-electron chi connectivity index (χ2n) is 3.46. The smallest absolute Gasteiger partial charge is 0.217 e. The van der Waals surface area contributed by atoms with Gasteiger partial charge in [0, 0.05) is 15.9 Å². The van der Waals surface area contributed by atoms with Crippen molar-refractivity contribution in [3.63, 3.8) is 0 Å². The average Bonchev–Trinajstić information content (AvgIpc) is 1.85. The Morgan fingerprint density at radius 3 is 2.55 bits per heavy atom. The fourth-order valence-electron chi connectivity index (χ4n) is 1.03. The van der Waals surface area contributed by atoms with Crippen molar-refractivity contribution in [1.29, 1.82) is 0 Å². The SMILES string of the molecule is CC(C)CC[SiH2]CCC(N)=O. The molecule has 3 heteroatoms. The number of carbonyl (C=O) groups is 1. The maximum atomic E-state index is 10.3. The van der Waals surface area contributed by atoms with Crippen LogP contribution in [0.15, 0.2) is 0 Å². The van der Waals surface area contributed by atoms with Gasteiger partial charge < -0.3 is 5.73 Å². The lowest BCUT2D eigenvalue weighted by molar-refractivity contribution is -0.117. The summed E-state index contributed by atoms with van der Waals surface area (Å²) in [7, 11) is 0.0249. The molecule has 0 radical (unpaired) electrons. The van der Waals surface area contributed by atoms with E-state index in [1.165, 1.54) is 12.5 Å². The van der Waals surface area contributed by atoms with Gasteiger partial charge in [-0.05, 0) is 5.92 Å². The van der Waals surface area contributed by atoms with Gasteiger partial charge in [-0.2, -0.15) is 0 Å². The van der Waals surface area contributed by atoms with Crippen molar-refractivity contribution < 1.29 is 4.79 Å². The molecular formula is C8H19NOSi. The summed E-state index contributed by atoms with van der Waals surface area (Å²) in [6.45, 7) is 4.48. The first-order chi connectivity index (χ1) is 5.13. The molecule has 2 nitrogen and oxygen atoms in total. The van der Waals surface area contributed by atoms with E-state index in [-0.39, 0.29) is 15.4 Å². The highest BCUT2D eigenvalue weighted by atomic mass is 28.2. The summed E-state index contributed by atoms with van der Waals surface area (Å²) in [5, 5.41) is 0. The molecule has 1 amide bonds. The molecular weight excluding hydrogens is 154 g/mol. The number of rotatable bonds is 6. The van der Waals surface area contributed by atoms with Gasteiger partial charge in [0.25, 0.3) is 0 Å². The fourth-order valence-corrected chi connectivity index (χ4v) is 3.09. The van der Waals surface area contributed by atoms with E-state index in [4.69, 9.17) is 5.73 Å². The van der Waals surface area contributed by atoms with Gasteiger partial charge in [0.1, 0.15) is 0 Å². The van der Waals surface area contributed by atoms with Crippen LogP contribution >= 0.6 is 0 Å². The molecule has 2 N–H and O–H groups in total. The molecule has 0 spiro atoms. The van der Waals surface area contributed by atoms with Crippen LogP contribution in [0.25, 0.3) is 0 Å². The Hall–Kier alpha value is -0.313. The van der Waals surface area contributed by atoms with Crippen molar-refractivity contribution in [2.45, 2.75) is 38.8 Å². The highest BCUT2D eigenvalue weighted by molar-refractivity contribution is 6.35. The molecule has 66 valence electrons. The van der Waals surface area contributed by atoms with Gasteiger partial charge in [-0.1, -0.05) is 32.4 Å². The summed E-state index contributed by atoms with van der Waals surface area (Å²) in [6.07, 6.45) is 1.94. The molecule has 0 aromatic rings. The van der Waals surface area contributed by atoms with Gasteiger partial charge >= 0.3 is 0 Å². The third-order valence-corrected chi connectivity index (χ3v) is 3.47. The van der Waals surface area contributed by atoms with Crippen LogP contribution < -0.4 is 5.73 Å². The molecule has 0 unspecified atom stereocenters. The minimum atomic E-state index is -0.137.